The van der Waals surface area contributed by atoms with Gasteiger partial charge in [-0.05, 0) is 61.9 Å². The number of hydrogen-bond acceptors (Lipinski definition) is 2. The molecule has 1 atom stereocenters. The fraction of sp³-hybridized carbons (Fsp3) is 0.381. The van der Waals surface area contributed by atoms with Crippen LogP contribution in [-0.4, -0.2) is 12.0 Å². The maximum absolute atomic E-state index is 12.6. The van der Waals surface area contributed by atoms with Crippen molar-refractivity contribution < 1.29 is 9.53 Å². The van der Waals surface area contributed by atoms with Gasteiger partial charge in [0.1, 0.15) is 5.75 Å². The molecular weight excluding hydrogens is 298 g/mol. The number of para-hydroxylation sites is 1. The molecule has 1 unspecified atom stereocenters. The third-order valence-electron chi connectivity index (χ3n) is 4.26. The Morgan fingerprint density at radius 3 is 2.29 bits per heavy atom. The number of anilines is 1. The first-order valence-electron chi connectivity index (χ1n) is 8.61. The monoisotopic (exact) mass is 325 g/mol. The van der Waals surface area contributed by atoms with Crippen LogP contribution in [0.2, 0.25) is 0 Å². The Bertz CT molecular complexity index is 700. The molecule has 2 aromatic rings. The Morgan fingerprint density at radius 2 is 1.71 bits per heavy atom. The maximum atomic E-state index is 12.6. The molecule has 128 valence electrons. The Labute approximate surface area is 145 Å². The van der Waals surface area contributed by atoms with Crippen LogP contribution in [0.5, 0.6) is 5.75 Å². The molecule has 3 nitrogen and oxygen atoms in total. The fourth-order valence-corrected chi connectivity index (χ4v) is 2.71. The number of hydrogen-bond donors (Lipinski definition) is 1. The van der Waals surface area contributed by atoms with Crippen molar-refractivity contribution in [1.29, 1.82) is 0 Å². The summed E-state index contributed by atoms with van der Waals surface area (Å²) in [5, 5.41) is 3.07. The van der Waals surface area contributed by atoms with E-state index in [2.05, 4.69) is 31.3 Å². The average Bonchev–Trinajstić information content (AvgIpc) is 2.58. The number of ether oxygens (including phenoxy) is 1. The van der Waals surface area contributed by atoms with Gasteiger partial charge in [-0.15, -0.1) is 0 Å². The number of rotatable bonds is 6. The highest BCUT2D eigenvalue weighted by molar-refractivity contribution is 5.95. The Hall–Kier alpha value is -2.29. The molecule has 0 fully saturated rings. The predicted octanol–water partition coefficient (Wildman–Crippen LogP) is 4.83. The van der Waals surface area contributed by atoms with Crippen LogP contribution < -0.4 is 10.1 Å². The van der Waals surface area contributed by atoms with Gasteiger partial charge in [0.15, 0.2) is 6.10 Å². The molecule has 2 rings (SSSR count). The third-order valence-corrected chi connectivity index (χ3v) is 4.26. The van der Waals surface area contributed by atoms with Crippen LogP contribution in [0.4, 0.5) is 5.69 Å². The van der Waals surface area contributed by atoms with Gasteiger partial charge in [0.05, 0.1) is 0 Å². The molecule has 0 aliphatic rings. The van der Waals surface area contributed by atoms with E-state index in [1.807, 2.05) is 38.1 Å². The average molecular weight is 325 g/mol. The van der Waals surface area contributed by atoms with Crippen LogP contribution in [0.25, 0.3) is 0 Å². The van der Waals surface area contributed by atoms with E-state index in [4.69, 9.17) is 4.74 Å². The normalized spacial score (nSPS) is 11.9. The largest absolute Gasteiger partial charge is 0.481 e. The van der Waals surface area contributed by atoms with Crippen LogP contribution in [-0.2, 0) is 17.6 Å². The summed E-state index contributed by atoms with van der Waals surface area (Å²) in [4.78, 5) is 12.6. The second-order valence-electron chi connectivity index (χ2n) is 6.18. The number of benzene rings is 2. The molecule has 0 heterocycles. The van der Waals surface area contributed by atoms with Gasteiger partial charge in [0.2, 0.25) is 0 Å². The standard InChI is InChI=1S/C21H27NO2/c1-6-17-9-8-10-18(7-2)20(17)22-21(23)16(5)24-19-13-14(3)11-12-15(19)4/h8-13,16H,6-7H2,1-5H3,(H,22,23). The predicted molar refractivity (Wildman–Crippen MR) is 99.8 cm³/mol. The van der Waals surface area contributed by atoms with Crippen molar-refractivity contribution in [3.05, 3.63) is 58.7 Å². The van der Waals surface area contributed by atoms with Crippen LogP contribution in [0.1, 0.15) is 43.0 Å². The van der Waals surface area contributed by atoms with Crippen LogP contribution in [0.15, 0.2) is 36.4 Å². The lowest BCUT2D eigenvalue weighted by atomic mass is 10.0. The van der Waals surface area contributed by atoms with Crippen LogP contribution in [0, 0.1) is 13.8 Å². The first-order chi connectivity index (χ1) is 11.5. The van der Waals surface area contributed by atoms with Crippen LogP contribution in [0.3, 0.4) is 0 Å². The van der Waals surface area contributed by atoms with Crippen molar-refractivity contribution in [2.24, 2.45) is 0 Å². The first kappa shape index (κ1) is 18.1. The van der Waals surface area contributed by atoms with Gasteiger partial charge in [-0.3, -0.25) is 4.79 Å². The highest BCUT2D eigenvalue weighted by Gasteiger charge is 2.18. The second-order valence-corrected chi connectivity index (χ2v) is 6.18. The zero-order chi connectivity index (χ0) is 17.7. The lowest BCUT2D eigenvalue weighted by Gasteiger charge is -2.19. The maximum Gasteiger partial charge on any atom is 0.265 e. The molecule has 1 amide bonds. The van der Waals surface area contributed by atoms with Gasteiger partial charge >= 0.3 is 0 Å². The number of amides is 1. The molecule has 0 aliphatic carbocycles. The van der Waals surface area contributed by atoms with E-state index < -0.39 is 6.10 Å². The summed E-state index contributed by atoms with van der Waals surface area (Å²) in [5.41, 5.74) is 5.39. The number of aryl methyl sites for hydroxylation is 4. The summed E-state index contributed by atoms with van der Waals surface area (Å²) in [7, 11) is 0. The second kappa shape index (κ2) is 8.00. The molecule has 0 saturated carbocycles. The quantitative estimate of drug-likeness (QED) is 0.826. The summed E-state index contributed by atoms with van der Waals surface area (Å²) in [6.45, 7) is 9.99. The lowest BCUT2D eigenvalue weighted by Crippen LogP contribution is -2.31. The molecule has 0 aromatic heterocycles. The van der Waals surface area contributed by atoms with Gasteiger partial charge in [-0.25, -0.2) is 0 Å². The van der Waals surface area contributed by atoms with Crippen molar-refractivity contribution in [1.82, 2.24) is 0 Å². The minimum Gasteiger partial charge on any atom is -0.481 e. The van der Waals surface area contributed by atoms with Gasteiger partial charge in [-0.1, -0.05) is 44.2 Å². The molecule has 0 bridgehead atoms. The van der Waals surface area contributed by atoms with Crippen molar-refractivity contribution in [3.8, 4) is 5.75 Å². The molecule has 1 N–H and O–H groups in total. The van der Waals surface area contributed by atoms with Gasteiger partial charge in [0, 0.05) is 5.69 Å². The van der Waals surface area contributed by atoms with E-state index in [9.17, 15) is 4.79 Å². The highest BCUT2D eigenvalue weighted by Crippen LogP contribution is 2.24. The fourth-order valence-electron chi connectivity index (χ4n) is 2.71. The highest BCUT2D eigenvalue weighted by atomic mass is 16.5. The smallest absolute Gasteiger partial charge is 0.265 e. The minimum absolute atomic E-state index is 0.119. The van der Waals surface area contributed by atoms with Crippen molar-refractivity contribution in [3.63, 3.8) is 0 Å². The number of carbonyl (C=O) groups excluding carboxylic acids is 1. The molecular formula is C21H27NO2. The van der Waals surface area contributed by atoms with Crippen LogP contribution >= 0.6 is 0 Å². The Kier molecular flexibility index (Phi) is 6.02. The van der Waals surface area contributed by atoms with E-state index in [1.54, 1.807) is 6.92 Å². The first-order valence-corrected chi connectivity index (χ1v) is 8.61. The summed E-state index contributed by atoms with van der Waals surface area (Å²) in [6.07, 6.45) is 1.21. The summed E-state index contributed by atoms with van der Waals surface area (Å²) in [6, 6.07) is 12.2. The Morgan fingerprint density at radius 1 is 1.08 bits per heavy atom. The molecule has 24 heavy (non-hydrogen) atoms. The SMILES string of the molecule is CCc1cccc(CC)c1NC(=O)C(C)Oc1cc(C)ccc1C. The molecule has 3 heteroatoms. The molecule has 0 spiro atoms. The zero-order valence-electron chi connectivity index (χ0n) is 15.3. The van der Waals surface area contributed by atoms with Gasteiger partial charge in [-0.2, -0.15) is 0 Å². The summed E-state index contributed by atoms with van der Waals surface area (Å²) >= 11 is 0. The van der Waals surface area contributed by atoms with E-state index in [-0.39, 0.29) is 5.91 Å². The van der Waals surface area contributed by atoms with E-state index in [0.717, 1.165) is 46.5 Å². The molecule has 0 saturated heterocycles. The molecule has 0 aliphatic heterocycles. The van der Waals surface area contributed by atoms with Crippen molar-refractivity contribution in [2.75, 3.05) is 5.32 Å². The van der Waals surface area contributed by atoms with E-state index in [1.165, 1.54) is 0 Å². The summed E-state index contributed by atoms with van der Waals surface area (Å²) in [5.74, 6) is 0.642. The third kappa shape index (κ3) is 4.16. The zero-order valence-corrected chi connectivity index (χ0v) is 15.3. The summed E-state index contributed by atoms with van der Waals surface area (Å²) < 4.78 is 5.89. The lowest BCUT2D eigenvalue weighted by molar-refractivity contribution is -0.122. The van der Waals surface area contributed by atoms with Crippen molar-refractivity contribution in [2.45, 2.75) is 53.6 Å². The number of nitrogens with one attached hydrogen (secondary N) is 1. The van der Waals surface area contributed by atoms with Gasteiger partial charge in [0.25, 0.3) is 5.91 Å². The molecule has 2 aromatic carbocycles. The topological polar surface area (TPSA) is 38.3 Å². The van der Waals surface area contributed by atoms with E-state index in [0.29, 0.717) is 0 Å². The number of carbonyl (C=O) groups is 1. The van der Waals surface area contributed by atoms with Gasteiger partial charge < -0.3 is 10.1 Å². The molecule has 0 radical (unpaired) electrons. The minimum atomic E-state index is -0.555. The van der Waals surface area contributed by atoms with Crippen molar-refractivity contribution >= 4 is 11.6 Å². The Balaban J connectivity index is 2.16. The van der Waals surface area contributed by atoms with E-state index >= 15 is 0 Å².